The Morgan fingerprint density at radius 1 is 1.14 bits per heavy atom. The first-order valence-corrected chi connectivity index (χ1v) is 9.32. The standard InChI is InChI=1S/C20H31N5O3.HI/c1-20(2)11-15(14-9-7-8-10-16(14)28-20)23-19(21-12-17(26)24(3)4)22-13-18(27)25(5)6;/h7-10,15H,11-13H2,1-6H3,(H2,21,22,23);1H. The summed E-state index contributed by atoms with van der Waals surface area (Å²) in [6.07, 6.45) is 0.716. The highest BCUT2D eigenvalue weighted by Crippen LogP contribution is 2.39. The molecular weight excluding hydrogens is 485 g/mol. The number of hydrogen-bond acceptors (Lipinski definition) is 4. The van der Waals surface area contributed by atoms with E-state index < -0.39 is 0 Å². The Kier molecular flexibility index (Phi) is 9.18. The number of benzene rings is 1. The minimum Gasteiger partial charge on any atom is -0.487 e. The molecule has 8 nitrogen and oxygen atoms in total. The Balaban J connectivity index is 0.00000420. The van der Waals surface area contributed by atoms with Gasteiger partial charge >= 0.3 is 0 Å². The molecule has 1 aromatic carbocycles. The largest absolute Gasteiger partial charge is 0.487 e. The lowest BCUT2D eigenvalue weighted by Crippen LogP contribution is -2.47. The molecule has 29 heavy (non-hydrogen) atoms. The minimum atomic E-state index is -0.351. The molecule has 162 valence electrons. The van der Waals surface area contributed by atoms with E-state index in [4.69, 9.17) is 4.74 Å². The number of hydrogen-bond donors (Lipinski definition) is 2. The summed E-state index contributed by atoms with van der Waals surface area (Å²) in [6.45, 7) is 4.15. The van der Waals surface area contributed by atoms with Crippen molar-refractivity contribution in [1.29, 1.82) is 0 Å². The highest BCUT2D eigenvalue weighted by atomic mass is 127. The molecule has 1 unspecified atom stereocenters. The van der Waals surface area contributed by atoms with Gasteiger partial charge in [0.25, 0.3) is 0 Å². The van der Waals surface area contributed by atoms with Crippen molar-refractivity contribution < 1.29 is 14.3 Å². The number of carbonyl (C=O) groups excluding carboxylic acids is 2. The van der Waals surface area contributed by atoms with Crippen molar-refractivity contribution in [1.82, 2.24) is 20.4 Å². The van der Waals surface area contributed by atoms with Crippen molar-refractivity contribution in [3.8, 4) is 5.75 Å². The van der Waals surface area contributed by atoms with Crippen LogP contribution in [0.2, 0.25) is 0 Å². The van der Waals surface area contributed by atoms with Crippen LogP contribution in [0.25, 0.3) is 0 Å². The fourth-order valence-corrected chi connectivity index (χ4v) is 2.85. The number of nitrogens with one attached hydrogen (secondary N) is 2. The predicted octanol–water partition coefficient (Wildman–Crippen LogP) is 1.62. The lowest BCUT2D eigenvalue weighted by molar-refractivity contribution is -0.127. The van der Waals surface area contributed by atoms with Crippen LogP contribution in [0, 0.1) is 0 Å². The highest BCUT2D eigenvalue weighted by molar-refractivity contribution is 14.0. The van der Waals surface area contributed by atoms with Gasteiger partial charge in [-0.05, 0) is 19.9 Å². The molecule has 1 aromatic rings. The third-order valence-corrected chi connectivity index (χ3v) is 4.46. The van der Waals surface area contributed by atoms with Crippen LogP contribution < -0.4 is 15.4 Å². The van der Waals surface area contributed by atoms with E-state index in [1.54, 1.807) is 28.2 Å². The maximum absolute atomic E-state index is 12.0. The molecule has 0 saturated carbocycles. The number of likely N-dealkylation sites (N-methyl/N-ethyl adjacent to an activating group) is 2. The van der Waals surface area contributed by atoms with Crippen molar-refractivity contribution in [2.24, 2.45) is 4.99 Å². The molecule has 0 aromatic heterocycles. The summed E-state index contributed by atoms with van der Waals surface area (Å²) in [4.78, 5) is 31.3. The molecule has 1 atom stereocenters. The van der Waals surface area contributed by atoms with Crippen LogP contribution >= 0.6 is 24.0 Å². The molecule has 0 saturated heterocycles. The molecule has 0 bridgehead atoms. The summed E-state index contributed by atoms with van der Waals surface area (Å²) < 4.78 is 6.07. The van der Waals surface area contributed by atoms with Crippen molar-refractivity contribution in [2.75, 3.05) is 41.3 Å². The van der Waals surface area contributed by atoms with E-state index in [1.165, 1.54) is 9.80 Å². The second-order valence-electron chi connectivity index (χ2n) is 7.90. The second kappa shape index (κ2) is 10.7. The van der Waals surface area contributed by atoms with E-state index in [0.29, 0.717) is 12.4 Å². The van der Waals surface area contributed by atoms with Crippen LogP contribution in [0.1, 0.15) is 31.9 Å². The summed E-state index contributed by atoms with van der Waals surface area (Å²) in [5, 5.41) is 6.41. The van der Waals surface area contributed by atoms with E-state index in [2.05, 4.69) is 15.6 Å². The zero-order valence-electron chi connectivity index (χ0n) is 18.0. The Bertz CT molecular complexity index is 749. The third-order valence-electron chi connectivity index (χ3n) is 4.46. The molecule has 1 heterocycles. The fourth-order valence-electron chi connectivity index (χ4n) is 2.85. The number of carbonyl (C=O) groups is 2. The van der Waals surface area contributed by atoms with Crippen molar-refractivity contribution in [3.63, 3.8) is 0 Å². The van der Waals surface area contributed by atoms with Gasteiger partial charge in [-0.15, -0.1) is 24.0 Å². The zero-order valence-corrected chi connectivity index (χ0v) is 20.3. The van der Waals surface area contributed by atoms with Crippen LogP contribution in [0.3, 0.4) is 0 Å². The number of halogens is 1. The summed E-state index contributed by atoms with van der Waals surface area (Å²) in [5.41, 5.74) is 0.671. The predicted molar refractivity (Wildman–Crippen MR) is 125 cm³/mol. The SMILES string of the molecule is CN(C)C(=O)CN=C(NCC(=O)N(C)C)NC1CC(C)(C)Oc2ccccc21.I. The number of nitrogens with zero attached hydrogens (tertiary/aromatic N) is 3. The quantitative estimate of drug-likeness (QED) is 0.352. The first-order chi connectivity index (χ1) is 13.1. The van der Waals surface area contributed by atoms with Crippen molar-refractivity contribution in [3.05, 3.63) is 29.8 Å². The van der Waals surface area contributed by atoms with Crippen LogP contribution in [-0.2, 0) is 9.59 Å². The summed E-state index contributed by atoms with van der Waals surface area (Å²) >= 11 is 0. The second-order valence-corrected chi connectivity index (χ2v) is 7.90. The molecule has 2 N–H and O–H groups in total. The number of ether oxygens (including phenoxy) is 1. The Labute approximate surface area is 190 Å². The maximum Gasteiger partial charge on any atom is 0.243 e. The van der Waals surface area contributed by atoms with Gasteiger partial charge in [0.1, 0.15) is 17.9 Å². The number of rotatable bonds is 5. The van der Waals surface area contributed by atoms with E-state index in [1.807, 2.05) is 38.1 Å². The molecule has 0 fully saturated rings. The number of aliphatic imine (C=N–C) groups is 1. The van der Waals surface area contributed by atoms with E-state index in [-0.39, 0.29) is 60.5 Å². The number of guanidine groups is 1. The molecule has 2 amide bonds. The molecule has 0 radical (unpaired) electrons. The summed E-state index contributed by atoms with van der Waals surface area (Å²) in [5.74, 6) is 1.04. The zero-order chi connectivity index (χ0) is 20.9. The molecule has 0 aliphatic carbocycles. The van der Waals surface area contributed by atoms with E-state index in [0.717, 1.165) is 11.3 Å². The van der Waals surface area contributed by atoms with Crippen molar-refractivity contribution >= 4 is 41.8 Å². The molecule has 9 heteroatoms. The van der Waals surface area contributed by atoms with Gasteiger partial charge < -0.3 is 25.2 Å². The average Bonchev–Trinajstić information content (AvgIpc) is 2.61. The number of amides is 2. The molecule has 2 rings (SSSR count). The Morgan fingerprint density at radius 3 is 2.38 bits per heavy atom. The van der Waals surface area contributed by atoms with Gasteiger partial charge in [-0.1, -0.05) is 18.2 Å². The number of para-hydroxylation sites is 1. The van der Waals surface area contributed by atoms with E-state index in [9.17, 15) is 9.59 Å². The summed E-state index contributed by atoms with van der Waals surface area (Å²) in [7, 11) is 6.76. The highest BCUT2D eigenvalue weighted by Gasteiger charge is 2.34. The van der Waals surface area contributed by atoms with Gasteiger partial charge in [-0.25, -0.2) is 4.99 Å². The lowest BCUT2D eigenvalue weighted by Gasteiger charge is -2.38. The Morgan fingerprint density at radius 2 is 1.76 bits per heavy atom. The van der Waals surface area contributed by atoms with Gasteiger partial charge in [0.05, 0.1) is 12.6 Å². The van der Waals surface area contributed by atoms with Gasteiger partial charge in [-0.3, -0.25) is 9.59 Å². The first kappa shape index (κ1) is 25.0. The minimum absolute atomic E-state index is 0. The summed E-state index contributed by atoms with van der Waals surface area (Å²) in [6, 6.07) is 7.80. The normalized spacial score (nSPS) is 17.2. The molecule has 0 spiro atoms. The van der Waals surface area contributed by atoms with Crippen LogP contribution in [-0.4, -0.2) is 74.5 Å². The van der Waals surface area contributed by atoms with Gasteiger partial charge in [0.2, 0.25) is 11.8 Å². The lowest BCUT2D eigenvalue weighted by atomic mass is 9.90. The first-order valence-electron chi connectivity index (χ1n) is 9.32. The maximum atomic E-state index is 12.0. The molecular formula is C20H32IN5O3. The fraction of sp³-hybridized carbons (Fsp3) is 0.550. The Hall–Kier alpha value is -2.04. The number of fused-ring (bicyclic) bond motifs is 1. The molecule has 1 aliphatic rings. The van der Waals surface area contributed by atoms with E-state index >= 15 is 0 Å². The topological polar surface area (TPSA) is 86.3 Å². The molecule has 1 aliphatic heterocycles. The van der Waals surface area contributed by atoms with Crippen molar-refractivity contribution in [2.45, 2.75) is 31.9 Å². The van der Waals surface area contributed by atoms with Gasteiger partial charge in [-0.2, -0.15) is 0 Å². The van der Waals surface area contributed by atoms with Crippen LogP contribution in [0.5, 0.6) is 5.75 Å². The average molecular weight is 517 g/mol. The third kappa shape index (κ3) is 7.37. The smallest absolute Gasteiger partial charge is 0.243 e. The van der Waals surface area contributed by atoms with Gasteiger partial charge in [0.15, 0.2) is 5.96 Å². The van der Waals surface area contributed by atoms with Gasteiger partial charge in [0, 0.05) is 40.2 Å². The monoisotopic (exact) mass is 517 g/mol. The van der Waals surface area contributed by atoms with Crippen LogP contribution in [0.15, 0.2) is 29.3 Å². The van der Waals surface area contributed by atoms with Crippen LogP contribution in [0.4, 0.5) is 0 Å².